The molecule has 0 aliphatic carbocycles. The molecule has 8 heteroatoms. The maximum atomic E-state index is 12.4. The second-order valence-electron chi connectivity index (χ2n) is 8.97. The highest BCUT2D eigenvalue weighted by atomic mass is 16.5. The Kier molecular flexibility index (Phi) is 8.40. The van der Waals surface area contributed by atoms with Crippen LogP contribution in [0.3, 0.4) is 0 Å². The third-order valence-electron chi connectivity index (χ3n) is 6.25. The number of aromatic carboxylic acids is 1. The number of hydrogen-bond donors (Lipinski definition) is 2. The first-order valence-corrected chi connectivity index (χ1v) is 12.3. The minimum absolute atomic E-state index is 0.0445. The van der Waals surface area contributed by atoms with E-state index in [0.29, 0.717) is 23.9 Å². The first-order chi connectivity index (χ1) is 17.9. The van der Waals surface area contributed by atoms with E-state index in [1.165, 1.54) is 6.07 Å². The molecule has 1 aliphatic heterocycles. The zero-order valence-corrected chi connectivity index (χ0v) is 20.7. The second kappa shape index (κ2) is 12.1. The molecule has 4 rings (SSSR count). The molecule has 0 radical (unpaired) electrons. The van der Waals surface area contributed by atoms with E-state index in [9.17, 15) is 19.5 Å². The van der Waals surface area contributed by atoms with Gasteiger partial charge in [0.05, 0.1) is 23.7 Å². The van der Waals surface area contributed by atoms with E-state index >= 15 is 0 Å². The van der Waals surface area contributed by atoms with Gasteiger partial charge in [-0.05, 0) is 73.4 Å². The molecule has 0 spiro atoms. The summed E-state index contributed by atoms with van der Waals surface area (Å²) in [4.78, 5) is 37.4. The maximum Gasteiger partial charge on any atom is 0.337 e. The van der Waals surface area contributed by atoms with Crippen molar-refractivity contribution < 1.29 is 29.0 Å². The first kappa shape index (κ1) is 25.8. The van der Waals surface area contributed by atoms with Gasteiger partial charge in [-0.1, -0.05) is 24.3 Å². The Labute approximate surface area is 215 Å². The zero-order chi connectivity index (χ0) is 26.2. The van der Waals surface area contributed by atoms with Crippen molar-refractivity contribution in [3.63, 3.8) is 0 Å². The molecule has 0 aromatic heterocycles. The molecule has 1 heterocycles. The van der Waals surface area contributed by atoms with Crippen LogP contribution in [0.2, 0.25) is 0 Å². The van der Waals surface area contributed by atoms with Crippen LogP contribution in [0, 0.1) is 0 Å². The Hall–Kier alpha value is -4.33. The summed E-state index contributed by atoms with van der Waals surface area (Å²) < 4.78 is 11.8. The fraction of sp³-hybridized carbons (Fsp3) is 0.276. The van der Waals surface area contributed by atoms with Gasteiger partial charge in [-0.2, -0.15) is 0 Å². The van der Waals surface area contributed by atoms with E-state index < -0.39 is 5.97 Å². The number of piperidine rings is 1. The fourth-order valence-corrected chi connectivity index (χ4v) is 4.35. The molecule has 3 aromatic carbocycles. The summed E-state index contributed by atoms with van der Waals surface area (Å²) in [5.41, 5.74) is 1.08. The smallest absolute Gasteiger partial charge is 0.337 e. The molecular formula is C29H30N2O6. The summed E-state index contributed by atoms with van der Waals surface area (Å²) in [5.74, 6) is 0.664. The lowest BCUT2D eigenvalue weighted by atomic mass is 10.0. The number of nitrogens with zero attached hydrogens (tertiary/aromatic N) is 1. The lowest BCUT2D eigenvalue weighted by Gasteiger charge is -2.34. The molecule has 2 amide bonds. The van der Waals surface area contributed by atoms with Gasteiger partial charge < -0.3 is 24.8 Å². The molecular weight excluding hydrogens is 472 g/mol. The number of carbonyl (C=O) groups is 3. The van der Waals surface area contributed by atoms with Gasteiger partial charge in [-0.3, -0.25) is 9.59 Å². The third kappa shape index (κ3) is 7.10. The Morgan fingerprint density at radius 2 is 1.57 bits per heavy atom. The number of likely N-dealkylation sites (tertiary alicyclic amines) is 1. The van der Waals surface area contributed by atoms with E-state index in [1.54, 1.807) is 49.4 Å². The number of benzene rings is 3. The lowest BCUT2D eigenvalue weighted by molar-refractivity contribution is -0.133. The highest BCUT2D eigenvalue weighted by molar-refractivity contribution is 6.01. The molecule has 1 atom stereocenters. The van der Waals surface area contributed by atoms with Crippen molar-refractivity contribution in [1.82, 2.24) is 4.90 Å². The molecule has 192 valence electrons. The van der Waals surface area contributed by atoms with Gasteiger partial charge in [-0.25, -0.2) is 4.79 Å². The fourth-order valence-electron chi connectivity index (χ4n) is 4.35. The average molecular weight is 503 g/mol. The highest BCUT2D eigenvalue weighted by Crippen LogP contribution is 2.25. The van der Waals surface area contributed by atoms with Crippen LogP contribution in [-0.4, -0.2) is 47.0 Å². The number of hydrogen-bond acceptors (Lipinski definition) is 5. The van der Waals surface area contributed by atoms with Crippen molar-refractivity contribution in [3.05, 3.63) is 83.9 Å². The lowest BCUT2D eigenvalue weighted by Crippen LogP contribution is -2.45. The molecule has 1 saturated heterocycles. The molecule has 1 unspecified atom stereocenters. The van der Waals surface area contributed by atoms with Crippen LogP contribution in [0.5, 0.6) is 17.2 Å². The standard InChI is InChI=1S/C29H30N2O6/c1-20(32)31-17-5-4-6-22(31)19-36-23-13-15-25(16-14-23)37-24-11-9-21(10-12-24)18-28(33)30-27-8-3-2-7-26(27)29(34)35/h2-3,7-16,22H,4-6,17-19H2,1H3,(H,30,33)(H,34,35). The number of carbonyl (C=O) groups excluding carboxylic acids is 2. The van der Waals surface area contributed by atoms with Crippen molar-refractivity contribution in [2.24, 2.45) is 0 Å². The number of amides is 2. The summed E-state index contributed by atoms with van der Waals surface area (Å²) >= 11 is 0. The summed E-state index contributed by atoms with van der Waals surface area (Å²) in [6.45, 7) is 2.86. The van der Waals surface area contributed by atoms with Crippen LogP contribution in [0.1, 0.15) is 42.1 Å². The van der Waals surface area contributed by atoms with Crippen LogP contribution in [0.4, 0.5) is 5.69 Å². The van der Waals surface area contributed by atoms with E-state index in [0.717, 1.165) is 31.4 Å². The van der Waals surface area contributed by atoms with Crippen molar-refractivity contribution in [2.45, 2.75) is 38.6 Å². The van der Waals surface area contributed by atoms with Crippen LogP contribution < -0.4 is 14.8 Å². The largest absolute Gasteiger partial charge is 0.491 e. The number of carboxylic acids is 1. The molecule has 37 heavy (non-hydrogen) atoms. The predicted octanol–water partition coefficient (Wildman–Crippen LogP) is 5.14. The third-order valence-corrected chi connectivity index (χ3v) is 6.25. The van der Waals surface area contributed by atoms with E-state index in [4.69, 9.17) is 9.47 Å². The Balaban J connectivity index is 1.27. The molecule has 8 nitrogen and oxygen atoms in total. The van der Waals surface area contributed by atoms with Crippen molar-refractivity contribution >= 4 is 23.5 Å². The predicted molar refractivity (Wildman–Crippen MR) is 139 cm³/mol. The van der Waals surface area contributed by atoms with Crippen LogP contribution in [0.15, 0.2) is 72.8 Å². The van der Waals surface area contributed by atoms with E-state index in [1.807, 2.05) is 29.2 Å². The molecule has 2 N–H and O–H groups in total. The number of rotatable bonds is 9. The number of anilines is 1. The first-order valence-electron chi connectivity index (χ1n) is 12.3. The summed E-state index contributed by atoms with van der Waals surface area (Å²) in [7, 11) is 0. The number of para-hydroxylation sites is 1. The Bertz CT molecular complexity index is 1240. The number of nitrogens with one attached hydrogen (secondary N) is 1. The van der Waals surface area contributed by atoms with Gasteiger partial charge in [0.25, 0.3) is 0 Å². The van der Waals surface area contributed by atoms with E-state index in [2.05, 4.69) is 5.32 Å². The summed E-state index contributed by atoms with van der Waals surface area (Å²) in [6.07, 6.45) is 3.20. The van der Waals surface area contributed by atoms with Crippen LogP contribution in [-0.2, 0) is 16.0 Å². The second-order valence-corrected chi connectivity index (χ2v) is 8.97. The van der Waals surface area contributed by atoms with E-state index in [-0.39, 0.29) is 35.5 Å². The Morgan fingerprint density at radius 3 is 2.24 bits per heavy atom. The van der Waals surface area contributed by atoms with Gasteiger partial charge in [0, 0.05) is 13.5 Å². The number of carboxylic acid groups (broad SMARTS) is 1. The van der Waals surface area contributed by atoms with Crippen molar-refractivity contribution in [2.75, 3.05) is 18.5 Å². The quantitative estimate of drug-likeness (QED) is 0.420. The SMILES string of the molecule is CC(=O)N1CCCCC1COc1ccc(Oc2ccc(CC(=O)Nc3ccccc3C(=O)O)cc2)cc1. The zero-order valence-electron chi connectivity index (χ0n) is 20.7. The Morgan fingerprint density at radius 1 is 0.919 bits per heavy atom. The maximum absolute atomic E-state index is 12.4. The minimum Gasteiger partial charge on any atom is -0.491 e. The topological polar surface area (TPSA) is 105 Å². The molecule has 1 aliphatic rings. The summed E-state index contributed by atoms with van der Waals surface area (Å²) in [5, 5.41) is 11.9. The van der Waals surface area contributed by atoms with Gasteiger partial charge in [-0.15, -0.1) is 0 Å². The average Bonchev–Trinajstić information content (AvgIpc) is 2.89. The van der Waals surface area contributed by atoms with Gasteiger partial charge in [0.1, 0.15) is 23.9 Å². The van der Waals surface area contributed by atoms with Crippen LogP contribution in [0.25, 0.3) is 0 Å². The van der Waals surface area contributed by atoms with Crippen LogP contribution >= 0.6 is 0 Å². The number of ether oxygens (including phenoxy) is 2. The van der Waals surface area contributed by atoms with Gasteiger partial charge >= 0.3 is 5.97 Å². The summed E-state index contributed by atoms with van der Waals surface area (Å²) in [6, 6.07) is 20.8. The van der Waals surface area contributed by atoms with Gasteiger partial charge in [0.15, 0.2) is 0 Å². The molecule has 3 aromatic rings. The molecule has 1 fully saturated rings. The normalized spacial score (nSPS) is 15.1. The van der Waals surface area contributed by atoms with Gasteiger partial charge in [0.2, 0.25) is 11.8 Å². The highest BCUT2D eigenvalue weighted by Gasteiger charge is 2.24. The van der Waals surface area contributed by atoms with Crippen molar-refractivity contribution in [1.29, 1.82) is 0 Å². The minimum atomic E-state index is -1.10. The monoisotopic (exact) mass is 502 g/mol. The molecule has 0 saturated carbocycles. The molecule has 0 bridgehead atoms. The van der Waals surface area contributed by atoms with Crippen molar-refractivity contribution in [3.8, 4) is 17.2 Å².